The zero-order valence-corrected chi connectivity index (χ0v) is 16.1. The molecule has 138 valence electrons. The molecule has 0 saturated carbocycles. The number of aryl methyl sites for hydroxylation is 2. The van der Waals surface area contributed by atoms with Gasteiger partial charge in [0.1, 0.15) is 0 Å². The van der Waals surface area contributed by atoms with E-state index in [4.69, 9.17) is 0 Å². The third-order valence-corrected chi connectivity index (χ3v) is 4.22. The minimum Gasteiger partial charge on any atom is -0.324 e. The topological polar surface area (TPSA) is 66.9 Å². The summed E-state index contributed by atoms with van der Waals surface area (Å²) >= 11 is 0. The zero-order valence-electron chi connectivity index (χ0n) is 16.1. The number of benzene rings is 2. The maximum Gasteiger partial charge on any atom is 0.258 e. The molecule has 0 bridgehead atoms. The molecule has 0 saturated heterocycles. The van der Waals surface area contributed by atoms with Crippen molar-refractivity contribution in [2.45, 2.75) is 33.6 Å². The lowest BCUT2D eigenvalue weighted by atomic mass is 10.0. The van der Waals surface area contributed by atoms with Crippen LogP contribution < -0.4 is 10.6 Å². The number of hydrogen-bond donors (Lipinski definition) is 2. The highest BCUT2D eigenvalue weighted by Crippen LogP contribution is 2.24. The fraction of sp³-hybridized carbons (Fsp3) is 0.227. The van der Waals surface area contributed by atoms with Crippen molar-refractivity contribution < 1.29 is 4.79 Å². The van der Waals surface area contributed by atoms with Gasteiger partial charge in [-0.3, -0.25) is 4.79 Å². The third kappa shape index (κ3) is 4.70. The van der Waals surface area contributed by atoms with E-state index in [2.05, 4.69) is 40.5 Å². The van der Waals surface area contributed by atoms with Crippen molar-refractivity contribution in [2.24, 2.45) is 0 Å². The maximum absolute atomic E-state index is 12.5. The molecular formula is C22H24N4O. The number of carbonyl (C=O) groups excluding carboxylic acids is 1. The zero-order chi connectivity index (χ0) is 19.4. The number of rotatable bonds is 5. The molecule has 2 aromatic carbocycles. The molecule has 1 amide bonds. The first kappa shape index (κ1) is 18.6. The number of anilines is 3. The van der Waals surface area contributed by atoms with Crippen LogP contribution in [0.4, 0.5) is 17.3 Å². The van der Waals surface area contributed by atoms with Crippen molar-refractivity contribution in [3.8, 4) is 0 Å². The average molecular weight is 360 g/mol. The van der Waals surface area contributed by atoms with Gasteiger partial charge < -0.3 is 10.6 Å². The highest BCUT2D eigenvalue weighted by atomic mass is 16.1. The van der Waals surface area contributed by atoms with Crippen LogP contribution in [0.2, 0.25) is 0 Å². The Morgan fingerprint density at radius 3 is 2.22 bits per heavy atom. The Morgan fingerprint density at radius 2 is 1.59 bits per heavy atom. The largest absolute Gasteiger partial charge is 0.324 e. The number of hydrogen-bond acceptors (Lipinski definition) is 4. The molecule has 0 atom stereocenters. The Morgan fingerprint density at radius 1 is 0.963 bits per heavy atom. The highest BCUT2D eigenvalue weighted by Gasteiger charge is 2.12. The van der Waals surface area contributed by atoms with E-state index in [-0.39, 0.29) is 5.91 Å². The lowest BCUT2D eigenvalue weighted by Crippen LogP contribution is -2.14. The van der Waals surface area contributed by atoms with E-state index in [1.54, 1.807) is 0 Å². The summed E-state index contributed by atoms with van der Waals surface area (Å²) in [7, 11) is 0. The van der Waals surface area contributed by atoms with Gasteiger partial charge in [0.25, 0.3) is 5.91 Å². The normalized spacial score (nSPS) is 10.7. The molecule has 5 nitrogen and oxygen atoms in total. The number of para-hydroxylation sites is 1. The fourth-order valence-electron chi connectivity index (χ4n) is 2.99. The Kier molecular flexibility index (Phi) is 5.50. The van der Waals surface area contributed by atoms with Crippen molar-refractivity contribution in [3.05, 3.63) is 77.1 Å². The summed E-state index contributed by atoms with van der Waals surface area (Å²) in [6.45, 7) is 8.28. The molecule has 0 spiro atoms. The standard InChI is InChI=1S/C22H24N4O/c1-14(2)19-7-5-6-8-20(19)26-21(27)17-12-23-22(24-13-17)25-18-10-15(3)9-16(4)11-18/h5-14H,1-4H3,(H,26,27)(H,23,24,25). The van der Waals surface area contributed by atoms with Crippen LogP contribution in [0.15, 0.2) is 54.9 Å². The lowest BCUT2D eigenvalue weighted by Gasteiger charge is -2.13. The van der Waals surface area contributed by atoms with Crippen molar-refractivity contribution >= 4 is 23.2 Å². The van der Waals surface area contributed by atoms with E-state index < -0.39 is 0 Å². The summed E-state index contributed by atoms with van der Waals surface area (Å²) in [4.78, 5) is 21.1. The summed E-state index contributed by atoms with van der Waals surface area (Å²) in [5.74, 6) is 0.558. The van der Waals surface area contributed by atoms with Crippen LogP contribution in [-0.4, -0.2) is 15.9 Å². The molecule has 3 aromatic rings. The Bertz CT molecular complexity index is 929. The van der Waals surface area contributed by atoms with Crippen molar-refractivity contribution in [1.82, 2.24) is 9.97 Å². The van der Waals surface area contributed by atoms with E-state index in [0.717, 1.165) is 28.1 Å². The molecule has 5 heteroatoms. The second kappa shape index (κ2) is 7.99. The van der Waals surface area contributed by atoms with Crippen molar-refractivity contribution in [1.29, 1.82) is 0 Å². The Labute approximate surface area is 159 Å². The van der Waals surface area contributed by atoms with Crippen LogP contribution in [0.3, 0.4) is 0 Å². The van der Waals surface area contributed by atoms with Gasteiger partial charge in [0, 0.05) is 23.8 Å². The first-order valence-electron chi connectivity index (χ1n) is 9.00. The summed E-state index contributed by atoms with van der Waals surface area (Å²) in [5, 5.41) is 6.12. The van der Waals surface area contributed by atoms with E-state index in [1.807, 2.05) is 50.2 Å². The number of nitrogens with one attached hydrogen (secondary N) is 2. The molecule has 2 N–H and O–H groups in total. The van der Waals surface area contributed by atoms with Crippen molar-refractivity contribution in [2.75, 3.05) is 10.6 Å². The molecule has 0 radical (unpaired) electrons. The van der Waals surface area contributed by atoms with Crippen LogP contribution in [-0.2, 0) is 0 Å². The van der Waals surface area contributed by atoms with E-state index >= 15 is 0 Å². The number of amides is 1. The molecule has 0 aliphatic heterocycles. The Hall–Kier alpha value is -3.21. The minimum atomic E-state index is -0.221. The SMILES string of the molecule is Cc1cc(C)cc(Nc2ncc(C(=O)Nc3ccccc3C(C)C)cn2)c1. The van der Waals surface area contributed by atoms with E-state index in [9.17, 15) is 4.79 Å². The number of nitrogens with zero attached hydrogens (tertiary/aromatic N) is 2. The first-order valence-corrected chi connectivity index (χ1v) is 9.00. The summed E-state index contributed by atoms with van der Waals surface area (Å²) in [6, 6.07) is 14.0. The van der Waals surface area contributed by atoms with Crippen LogP contribution in [0.25, 0.3) is 0 Å². The molecule has 0 fully saturated rings. The van der Waals surface area contributed by atoms with Crippen LogP contribution in [0.5, 0.6) is 0 Å². The van der Waals surface area contributed by atoms with Gasteiger partial charge in [-0.1, -0.05) is 38.1 Å². The molecule has 27 heavy (non-hydrogen) atoms. The lowest BCUT2D eigenvalue weighted by molar-refractivity contribution is 0.102. The molecule has 3 rings (SSSR count). The quantitative estimate of drug-likeness (QED) is 0.655. The predicted octanol–water partition coefficient (Wildman–Crippen LogP) is 5.21. The molecule has 0 aliphatic rings. The minimum absolute atomic E-state index is 0.221. The van der Waals surface area contributed by atoms with Gasteiger partial charge in [0.2, 0.25) is 5.95 Å². The van der Waals surface area contributed by atoms with Gasteiger partial charge in [-0.2, -0.15) is 0 Å². The van der Waals surface area contributed by atoms with Crippen LogP contribution in [0, 0.1) is 13.8 Å². The third-order valence-electron chi connectivity index (χ3n) is 4.22. The van der Waals surface area contributed by atoms with E-state index in [0.29, 0.717) is 17.4 Å². The van der Waals surface area contributed by atoms with E-state index in [1.165, 1.54) is 12.4 Å². The van der Waals surface area contributed by atoms with Gasteiger partial charge >= 0.3 is 0 Å². The Balaban J connectivity index is 1.72. The molecular weight excluding hydrogens is 336 g/mol. The molecule has 0 unspecified atom stereocenters. The van der Waals surface area contributed by atoms with Gasteiger partial charge in [0.05, 0.1) is 5.56 Å². The highest BCUT2D eigenvalue weighted by molar-refractivity contribution is 6.04. The molecule has 0 aliphatic carbocycles. The fourth-order valence-corrected chi connectivity index (χ4v) is 2.99. The predicted molar refractivity (Wildman–Crippen MR) is 110 cm³/mol. The van der Waals surface area contributed by atoms with Crippen LogP contribution >= 0.6 is 0 Å². The van der Waals surface area contributed by atoms with Crippen LogP contribution in [0.1, 0.15) is 46.8 Å². The summed E-state index contributed by atoms with van der Waals surface area (Å²) in [6.07, 6.45) is 3.07. The molecule has 1 aromatic heterocycles. The summed E-state index contributed by atoms with van der Waals surface area (Å²) in [5.41, 5.74) is 5.58. The van der Waals surface area contributed by atoms with Gasteiger partial charge in [0.15, 0.2) is 0 Å². The molecule has 1 heterocycles. The number of carbonyl (C=O) groups is 1. The first-order chi connectivity index (χ1) is 12.9. The summed E-state index contributed by atoms with van der Waals surface area (Å²) < 4.78 is 0. The van der Waals surface area contributed by atoms with Gasteiger partial charge in [-0.25, -0.2) is 9.97 Å². The van der Waals surface area contributed by atoms with Gasteiger partial charge in [-0.05, 0) is 54.7 Å². The van der Waals surface area contributed by atoms with Crippen molar-refractivity contribution in [3.63, 3.8) is 0 Å². The number of aromatic nitrogens is 2. The average Bonchev–Trinajstić information content (AvgIpc) is 2.61. The van der Waals surface area contributed by atoms with Gasteiger partial charge in [-0.15, -0.1) is 0 Å². The smallest absolute Gasteiger partial charge is 0.258 e. The maximum atomic E-state index is 12.5. The second-order valence-electron chi connectivity index (χ2n) is 6.99. The monoisotopic (exact) mass is 360 g/mol. The second-order valence-corrected chi connectivity index (χ2v) is 6.99.